The first kappa shape index (κ1) is 12.6. The molecule has 0 unspecified atom stereocenters. The molecule has 18 heavy (non-hydrogen) atoms. The molecule has 3 atom stereocenters. The smallest absolute Gasteiger partial charge is 0.330 e. The van der Waals surface area contributed by atoms with Crippen molar-refractivity contribution in [3.05, 3.63) is 33.1 Å². The molecule has 1 aliphatic heterocycles. The summed E-state index contributed by atoms with van der Waals surface area (Å²) < 4.78 is 6.43. The van der Waals surface area contributed by atoms with Gasteiger partial charge in [-0.25, -0.2) is 4.79 Å². The molecule has 1 aliphatic rings. The molecule has 2 heterocycles. The first-order valence-electron chi connectivity index (χ1n) is 5.28. The maximum Gasteiger partial charge on any atom is 0.330 e. The molecule has 7 nitrogen and oxygen atoms in total. The van der Waals surface area contributed by atoms with Gasteiger partial charge in [-0.3, -0.25) is 14.3 Å². The second-order valence-corrected chi connectivity index (χ2v) is 4.05. The van der Waals surface area contributed by atoms with Crippen molar-refractivity contribution >= 4 is 0 Å². The van der Waals surface area contributed by atoms with Crippen LogP contribution in [0.25, 0.3) is 0 Å². The number of ether oxygens (including phenoxy) is 1. The lowest BCUT2D eigenvalue weighted by Gasteiger charge is -2.19. The number of aromatic amines is 1. The molecule has 0 bridgehead atoms. The Labute approximate surface area is 102 Å². The van der Waals surface area contributed by atoms with Gasteiger partial charge < -0.3 is 14.9 Å². The van der Waals surface area contributed by atoms with Gasteiger partial charge in [0, 0.05) is 18.7 Å². The molecule has 0 spiro atoms. The molecule has 0 radical (unpaired) electrons. The van der Waals surface area contributed by atoms with E-state index in [1.165, 1.54) is 6.20 Å². The largest absolute Gasteiger partial charge is 0.394 e. The second-order valence-electron chi connectivity index (χ2n) is 4.05. The van der Waals surface area contributed by atoms with E-state index in [-0.39, 0.29) is 6.42 Å². The minimum atomic E-state index is -1.63. The number of H-pyrrole nitrogens is 1. The summed E-state index contributed by atoms with van der Waals surface area (Å²) in [6.45, 7) is -0.463. The van der Waals surface area contributed by atoms with Gasteiger partial charge in [-0.1, -0.05) is 5.92 Å². The fourth-order valence-electron chi connectivity index (χ4n) is 1.91. The number of aliphatic hydroxyl groups excluding tert-OH is 1. The zero-order valence-electron chi connectivity index (χ0n) is 9.37. The van der Waals surface area contributed by atoms with Gasteiger partial charge in [0.15, 0.2) is 5.60 Å². The molecule has 2 rings (SSSR count). The van der Waals surface area contributed by atoms with E-state index < -0.39 is 35.8 Å². The van der Waals surface area contributed by atoms with Crippen LogP contribution in [0.1, 0.15) is 12.6 Å². The highest BCUT2D eigenvalue weighted by Crippen LogP contribution is 2.35. The van der Waals surface area contributed by atoms with Gasteiger partial charge in [-0.15, -0.1) is 6.42 Å². The number of terminal acetylenes is 1. The van der Waals surface area contributed by atoms with Crippen molar-refractivity contribution < 1.29 is 14.9 Å². The molecule has 3 N–H and O–H groups in total. The van der Waals surface area contributed by atoms with E-state index in [9.17, 15) is 14.7 Å². The topological polar surface area (TPSA) is 105 Å². The minimum Gasteiger partial charge on any atom is -0.394 e. The lowest BCUT2D eigenvalue weighted by atomic mass is 9.96. The first-order valence-corrected chi connectivity index (χ1v) is 5.28. The predicted molar refractivity (Wildman–Crippen MR) is 60.7 cm³/mol. The van der Waals surface area contributed by atoms with Crippen LogP contribution >= 0.6 is 0 Å². The number of hydrogen-bond donors (Lipinski definition) is 3. The summed E-state index contributed by atoms with van der Waals surface area (Å²) in [6.07, 6.45) is 4.62. The van der Waals surface area contributed by atoms with Crippen molar-refractivity contribution in [2.45, 2.75) is 24.4 Å². The zero-order valence-corrected chi connectivity index (χ0v) is 9.37. The third-order valence-corrected chi connectivity index (χ3v) is 2.92. The Morgan fingerprint density at radius 1 is 1.67 bits per heavy atom. The molecule has 96 valence electrons. The molecule has 1 fully saturated rings. The van der Waals surface area contributed by atoms with Crippen LogP contribution in [0.5, 0.6) is 0 Å². The zero-order chi connectivity index (χ0) is 13.3. The third kappa shape index (κ3) is 1.97. The van der Waals surface area contributed by atoms with E-state index in [0.717, 1.165) is 10.6 Å². The summed E-state index contributed by atoms with van der Waals surface area (Å²) in [5, 5.41) is 19.1. The monoisotopic (exact) mass is 252 g/mol. The minimum absolute atomic E-state index is 0.0410. The molecule has 0 aromatic carbocycles. The molecule has 0 saturated carbocycles. The molecule has 7 heteroatoms. The van der Waals surface area contributed by atoms with Crippen LogP contribution in [0.4, 0.5) is 0 Å². The Morgan fingerprint density at radius 3 is 2.89 bits per heavy atom. The Balaban J connectivity index is 2.36. The van der Waals surface area contributed by atoms with E-state index >= 15 is 0 Å². The number of aromatic nitrogens is 2. The number of nitrogens with one attached hydrogen (secondary N) is 1. The molecule has 0 aliphatic carbocycles. The SMILES string of the molecule is C#C[C@]1(O)C[C@H](n2ccc(=O)[nH]c2=O)O[C@@H]1CO. The lowest BCUT2D eigenvalue weighted by Crippen LogP contribution is -2.38. The van der Waals surface area contributed by atoms with E-state index in [1.807, 2.05) is 0 Å². The van der Waals surface area contributed by atoms with E-state index in [2.05, 4.69) is 10.9 Å². The summed E-state index contributed by atoms with van der Waals surface area (Å²) in [5.74, 6) is 2.16. The van der Waals surface area contributed by atoms with Crippen molar-refractivity contribution in [1.82, 2.24) is 9.55 Å². The number of hydrogen-bond acceptors (Lipinski definition) is 5. The van der Waals surface area contributed by atoms with Crippen molar-refractivity contribution in [2.75, 3.05) is 6.61 Å². The average Bonchev–Trinajstić information content (AvgIpc) is 2.67. The van der Waals surface area contributed by atoms with Crippen molar-refractivity contribution in [3.8, 4) is 12.3 Å². The standard InChI is InChI=1S/C11H12N2O5/c1-2-11(17)5-9(18-7(11)6-14)13-4-3-8(15)12-10(13)16/h1,3-4,7,9,14,17H,5-6H2,(H,12,15,16)/t7-,9-,11+/m1/s1. The molecule has 1 aromatic rings. The van der Waals surface area contributed by atoms with Gasteiger partial charge >= 0.3 is 5.69 Å². The highest BCUT2D eigenvalue weighted by Gasteiger charge is 2.46. The van der Waals surface area contributed by atoms with Crippen LogP contribution in [0.3, 0.4) is 0 Å². The average molecular weight is 252 g/mol. The third-order valence-electron chi connectivity index (χ3n) is 2.92. The van der Waals surface area contributed by atoms with Crippen LogP contribution in [0.15, 0.2) is 21.9 Å². The first-order chi connectivity index (χ1) is 8.50. The summed E-state index contributed by atoms with van der Waals surface area (Å²) in [5.41, 5.74) is -2.82. The van der Waals surface area contributed by atoms with Crippen molar-refractivity contribution in [1.29, 1.82) is 0 Å². The Bertz CT molecular complexity index is 598. The van der Waals surface area contributed by atoms with Gasteiger partial charge in [-0.2, -0.15) is 0 Å². The maximum atomic E-state index is 11.6. The normalized spacial score (nSPS) is 31.2. The molecule has 0 amide bonds. The van der Waals surface area contributed by atoms with Crippen LogP contribution in [-0.4, -0.2) is 38.1 Å². The van der Waals surface area contributed by atoms with Gasteiger partial charge in [0.05, 0.1) is 6.61 Å². The van der Waals surface area contributed by atoms with Crippen LogP contribution < -0.4 is 11.2 Å². The second kappa shape index (κ2) is 4.42. The Morgan fingerprint density at radius 2 is 2.39 bits per heavy atom. The summed E-state index contributed by atoms with van der Waals surface area (Å²) in [7, 11) is 0. The maximum absolute atomic E-state index is 11.6. The molecular formula is C11H12N2O5. The van der Waals surface area contributed by atoms with Crippen molar-refractivity contribution in [2.24, 2.45) is 0 Å². The van der Waals surface area contributed by atoms with E-state index in [0.29, 0.717) is 0 Å². The Hall–Kier alpha value is -1.88. The van der Waals surface area contributed by atoms with Crippen LogP contribution in [0, 0.1) is 12.3 Å². The summed E-state index contributed by atoms with van der Waals surface area (Å²) in [6, 6.07) is 1.16. The highest BCUT2D eigenvalue weighted by atomic mass is 16.5. The molecular weight excluding hydrogens is 240 g/mol. The predicted octanol–water partition coefficient (Wildman–Crippen LogP) is -1.82. The highest BCUT2D eigenvalue weighted by molar-refractivity contribution is 5.15. The fraction of sp³-hybridized carbons (Fsp3) is 0.455. The fourth-order valence-corrected chi connectivity index (χ4v) is 1.91. The van der Waals surface area contributed by atoms with E-state index in [1.54, 1.807) is 0 Å². The van der Waals surface area contributed by atoms with E-state index in [4.69, 9.17) is 16.3 Å². The quantitative estimate of drug-likeness (QED) is 0.538. The molecule has 1 aromatic heterocycles. The number of rotatable bonds is 2. The van der Waals surface area contributed by atoms with Gasteiger partial charge in [0.25, 0.3) is 5.56 Å². The van der Waals surface area contributed by atoms with Crippen LogP contribution in [-0.2, 0) is 4.74 Å². The lowest BCUT2D eigenvalue weighted by molar-refractivity contribution is -0.0624. The van der Waals surface area contributed by atoms with Gasteiger partial charge in [0.1, 0.15) is 12.3 Å². The van der Waals surface area contributed by atoms with Crippen LogP contribution in [0.2, 0.25) is 0 Å². The van der Waals surface area contributed by atoms with Crippen molar-refractivity contribution in [3.63, 3.8) is 0 Å². The number of nitrogens with zero attached hydrogens (tertiary/aromatic N) is 1. The summed E-state index contributed by atoms with van der Waals surface area (Å²) >= 11 is 0. The molecule has 1 saturated heterocycles. The Kier molecular flexibility index (Phi) is 3.09. The van der Waals surface area contributed by atoms with Gasteiger partial charge in [-0.05, 0) is 0 Å². The summed E-state index contributed by atoms with van der Waals surface area (Å²) in [4.78, 5) is 24.6. The number of aliphatic hydroxyl groups is 2. The van der Waals surface area contributed by atoms with Gasteiger partial charge in [0.2, 0.25) is 0 Å².